The minimum absolute atomic E-state index is 0.270. The SMILES string of the molecule is CC[C@H](c1ccccc1)c1nn2c(-c3cncc(Br)c3)nnc2s1. The fourth-order valence-corrected chi connectivity index (χ4v) is 4.14. The summed E-state index contributed by atoms with van der Waals surface area (Å²) in [4.78, 5) is 5.00. The average molecular weight is 400 g/mol. The number of hydrogen-bond donors (Lipinski definition) is 0. The summed E-state index contributed by atoms with van der Waals surface area (Å²) in [6.07, 6.45) is 4.51. The van der Waals surface area contributed by atoms with Crippen LogP contribution in [0.3, 0.4) is 0 Å². The molecule has 4 aromatic rings. The van der Waals surface area contributed by atoms with E-state index < -0.39 is 0 Å². The van der Waals surface area contributed by atoms with Crippen LogP contribution < -0.4 is 0 Å². The maximum atomic E-state index is 4.79. The highest BCUT2D eigenvalue weighted by Crippen LogP contribution is 2.32. The molecule has 3 heterocycles. The van der Waals surface area contributed by atoms with Crippen LogP contribution in [-0.4, -0.2) is 24.8 Å². The summed E-state index contributed by atoms with van der Waals surface area (Å²) in [5.41, 5.74) is 2.16. The van der Waals surface area contributed by atoms with Crippen LogP contribution in [0.4, 0.5) is 0 Å². The Labute approximate surface area is 151 Å². The smallest absolute Gasteiger partial charge is 0.234 e. The fraction of sp³-hybridized carbons (Fsp3) is 0.176. The molecule has 0 N–H and O–H groups in total. The molecular weight excluding hydrogens is 386 g/mol. The van der Waals surface area contributed by atoms with Crippen molar-refractivity contribution in [1.29, 1.82) is 0 Å². The van der Waals surface area contributed by atoms with Crippen molar-refractivity contribution in [1.82, 2.24) is 24.8 Å². The van der Waals surface area contributed by atoms with Crippen molar-refractivity contribution in [2.75, 3.05) is 0 Å². The summed E-state index contributed by atoms with van der Waals surface area (Å²) in [6, 6.07) is 12.4. The zero-order chi connectivity index (χ0) is 16.5. The maximum Gasteiger partial charge on any atom is 0.234 e. The third-order valence-electron chi connectivity index (χ3n) is 3.88. The molecule has 5 nitrogen and oxygen atoms in total. The van der Waals surface area contributed by atoms with Gasteiger partial charge in [-0.2, -0.15) is 9.61 Å². The van der Waals surface area contributed by atoms with Crippen molar-refractivity contribution >= 4 is 32.2 Å². The Balaban J connectivity index is 1.79. The first-order valence-corrected chi connectivity index (χ1v) is 9.25. The van der Waals surface area contributed by atoms with Crippen LogP contribution in [0, 0.1) is 0 Å². The Morgan fingerprint density at radius 3 is 2.75 bits per heavy atom. The van der Waals surface area contributed by atoms with E-state index in [4.69, 9.17) is 5.10 Å². The first-order chi connectivity index (χ1) is 11.8. The second-order valence-corrected chi connectivity index (χ2v) is 7.32. The van der Waals surface area contributed by atoms with Gasteiger partial charge >= 0.3 is 0 Å². The molecule has 0 aliphatic rings. The molecule has 0 saturated heterocycles. The molecule has 0 radical (unpaired) electrons. The van der Waals surface area contributed by atoms with Crippen molar-refractivity contribution in [3.8, 4) is 11.4 Å². The first kappa shape index (κ1) is 15.4. The van der Waals surface area contributed by atoms with Crippen molar-refractivity contribution in [2.24, 2.45) is 0 Å². The van der Waals surface area contributed by atoms with Crippen LogP contribution in [0.5, 0.6) is 0 Å². The molecule has 0 fully saturated rings. The van der Waals surface area contributed by atoms with Crippen LogP contribution in [-0.2, 0) is 0 Å². The second kappa shape index (κ2) is 6.41. The second-order valence-electron chi connectivity index (χ2n) is 5.42. The number of halogens is 1. The van der Waals surface area contributed by atoms with E-state index in [0.717, 1.165) is 26.4 Å². The lowest BCUT2D eigenvalue weighted by atomic mass is 9.97. The van der Waals surface area contributed by atoms with Crippen LogP contribution in [0.2, 0.25) is 0 Å². The molecule has 0 saturated carbocycles. The quantitative estimate of drug-likeness (QED) is 0.504. The molecule has 7 heteroatoms. The number of fused-ring (bicyclic) bond motifs is 1. The van der Waals surface area contributed by atoms with Crippen LogP contribution in [0.1, 0.15) is 29.8 Å². The molecule has 0 spiro atoms. The van der Waals surface area contributed by atoms with Gasteiger partial charge in [-0.1, -0.05) is 48.6 Å². The summed E-state index contributed by atoms with van der Waals surface area (Å²) in [5.74, 6) is 0.982. The van der Waals surface area contributed by atoms with Gasteiger partial charge in [-0.25, -0.2) is 0 Å². The minimum Gasteiger partial charge on any atom is -0.263 e. The fourth-order valence-electron chi connectivity index (χ4n) is 2.72. The van der Waals surface area contributed by atoms with Crippen LogP contribution in [0.15, 0.2) is 53.3 Å². The largest absolute Gasteiger partial charge is 0.263 e. The molecule has 24 heavy (non-hydrogen) atoms. The summed E-state index contributed by atoms with van der Waals surface area (Å²) in [6.45, 7) is 2.18. The zero-order valence-corrected chi connectivity index (χ0v) is 15.3. The molecule has 0 unspecified atom stereocenters. The standard InChI is InChI=1S/C17H14BrN5S/c1-2-14(11-6-4-3-5-7-11)16-22-23-15(20-21-17(23)24-16)12-8-13(18)10-19-9-12/h3-10,14H,2H2,1H3/t14-/m1/s1. The van der Waals surface area contributed by atoms with Crippen molar-refractivity contribution < 1.29 is 0 Å². The third kappa shape index (κ3) is 2.74. The number of aromatic nitrogens is 5. The monoisotopic (exact) mass is 399 g/mol. The lowest BCUT2D eigenvalue weighted by molar-refractivity contribution is 0.743. The molecule has 0 bridgehead atoms. The number of pyridine rings is 1. The highest BCUT2D eigenvalue weighted by atomic mass is 79.9. The van der Waals surface area contributed by atoms with Gasteiger partial charge in [0.25, 0.3) is 0 Å². The minimum atomic E-state index is 0.270. The van der Waals surface area contributed by atoms with Gasteiger partial charge in [0, 0.05) is 28.3 Å². The molecule has 4 rings (SSSR count). The average Bonchev–Trinajstić information content (AvgIpc) is 3.17. The van der Waals surface area contributed by atoms with Gasteiger partial charge in [-0.3, -0.25) is 4.98 Å². The van der Waals surface area contributed by atoms with E-state index >= 15 is 0 Å². The van der Waals surface area contributed by atoms with E-state index in [0.29, 0.717) is 5.82 Å². The summed E-state index contributed by atoms with van der Waals surface area (Å²) < 4.78 is 2.72. The maximum absolute atomic E-state index is 4.79. The van der Waals surface area contributed by atoms with Gasteiger partial charge in [0.15, 0.2) is 5.82 Å². The molecule has 3 aromatic heterocycles. The molecule has 1 atom stereocenters. The normalized spacial score (nSPS) is 12.6. The Bertz CT molecular complexity index is 979. The van der Waals surface area contributed by atoms with Gasteiger partial charge in [0.1, 0.15) is 5.01 Å². The zero-order valence-electron chi connectivity index (χ0n) is 12.9. The van der Waals surface area contributed by atoms with Gasteiger partial charge in [-0.15, -0.1) is 10.2 Å². The van der Waals surface area contributed by atoms with Crippen LogP contribution in [0.25, 0.3) is 16.3 Å². The van der Waals surface area contributed by atoms with E-state index in [9.17, 15) is 0 Å². The first-order valence-electron chi connectivity index (χ1n) is 7.64. The Morgan fingerprint density at radius 2 is 2.00 bits per heavy atom. The Kier molecular flexibility index (Phi) is 4.12. The number of hydrogen-bond acceptors (Lipinski definition) is 5. The van der Waals surface area contributed by atoms with E-state index in [1.807, 2.05) is 16.6 Å². The summed E-state index contributed by atoms with van der Waals surface area (Å²) in [5, 5.41) is 14.4. The van der Waals surface area contributed by atoms with E-state index in [1.165, 1.54) is 5.56 Å². The van der Waals surface area contributed by atoms with E-state index in [1.54, 1.807) is 23.7 Å². The molecule has 0 aliphatic heterocycles. The topological polar surface area (TPSA) is 56.0 Å². The van der Waals surface area contributed by atoms with Crippen LogP contribution >= 0.6 is 27.3 Å². The van der Waals surface area contributed by atoms with E-state index in [-0.39, 0.29) is 5.92 Å². The molecular formula is C17H14BrN5S. The molecule has 1 aromatic carbocycles. The van der Waals surface area contributed by atoms with Gasteiger partial charge in [0.05, 0.1) is 0 Å². The van der Waals surface area contributed by atoms with Crippen molar-refractivity contribution in [2.45, 2.75) is 19.3 Å². The van der Waals surface area contributed by atoms with Gasteiger partial charge < -0.3 is 0 Å². The Morgan fingerprint density at radius 1 is 1.17 bits per heavy atom. The molecule has 120 valence electrons. The van der Waals surface area contributed by atoms with Crippen molar-refractivity contribution in [3.05, 3.63) is 63.8 Å². The highest BCUT2D eigenvalue weighted by Gasteiger charge is 2.20. The molecule has 0 amide bonds. The predicted octanol–water partition coefficient (Wildman–Crippen LogP) is 4.55. The summed E-state index contributed by atoms with van der Waals surface area (Å²) in [7, 11) is 0. The van der Waals surface area contributed by atoms with Crippen molar-refractivity contribution in [3.63, 3.8) is 0 Å². The Hall–Kier alpha value is -2.12. The third-order valence-corrected chi connectivity index (χ3v) is 5.32. The van der Waals surface area contributed by atoms with E-state index in [2.05, 4.69) is 62.3 Å². The molecule has 0 aliphatic carbocycles. The predicted molar refractivity (Wildman–Crippen MR) is 98.2 cm³/mol. The lowest BCUT2D eigenvalue weighted by Crippen LogP contribution is -2.01. The van der Waals surface area contributed by atoms with Gasteiger partial charge in [-0.05, 0) is 34.0 Å². The van der Waals surface area contributed by atoms with Gasteiger partial charge in [0.2, 0.25) is 4.96 Å². The highest BCUT2D eigenvalue weighted by molar-refractivity contribution is 9.10. The number of rotatable bonds is 4. The lowest BCUT2D eigenvalue weighted by Gasteiger charge is -2.11. The number of nitrogens with zero attached hydrogens (tertiary/aromatic N) is 5. The summed E-state index contributed by atoms with van der Waals surface area (Å²) >= 11 is 5.03. The number of benzene rings is 1.